The molecule has 0 aromatic rings. The molecule has 4 nitrogen and oxygen atoms in total. The van der Waals surface area contributed by atoms with Gasteiger partial charge < -0.3 is 15.7 Å². The number of amides is 2. The molecule has 0 spiro atoms. The molecule has 0 aliphatic carbocycles. The lowest BCUT2D eigenvalue weighted by Gasteiger charge is -2.27. The first-order valence-corrected chi connectivity index (χ1v) is 4.75. The number of nitrogens with one attached hydrogen (secondary N) is 2. The maximum absolute atomic E-state index is 11.2. The second-order valence-corrected chi connectivity index (χ2v) is 3.45. The van der Waals surface area contributed by atoms with Gasteiger partial charge >= 0.3 is 6.03 Å². The van der Waals surface area contributed by atoms with E-state index in [1.54, 1.807) is 0 Å². The molecule has 1 unspecified atom stereocenters. The smallest absolute Gasteiger partial charge is 0.315 e. The molecule has 4 heteroatoms. The van der Waals surface area contributed by atoms with Crippen LogP contribution in [-0.4, -0.2) is 29.8 Å². The van der Waals surface area contributed by atoms with Crippen molar-refractivity contribution in [2.24, 2.45) is 0 Å². The minimum atomic E-state index is -0.502. The maximum Gasteiger partial charge on any atom is 0.315 e. The Kier molecular flexibility index (Phi) is 5.46. The van der Waals surface area contributed by atoms with Gasteiger partial charge in [-0.05, 0) is 19.8 Å². The van der Waals surface area contributed by atoms with Gasteiger partial charge in [-0.25, -0.2) is 4.79 Å². The summed E-state index contributed by atoms with van der Waals surface area (Å²) in [5.41, 5.74) is -0.502. The van der Waals surface area contributed by atoms with Crippen molar-refractivity contribution in [1.29, 1.82) is 0 Å². The number of hydrogen-bond donors (Lipinski definition) is 3. The first-order chi connectivity index (χ1) is 6.08. The van der Waals surface area contributed by atoms with Gasteiger partial charge in [-0.15, -0.1) is 0 Å². The van der Waals surface area contributed by atoms with E-state index in [1.807, 2.05) is 20.8 Å². The van der Waals surface area contributed by atoms with Crippen LogP contribution in [0.4, 0.5) is 4.79 Å². The summed E-state index contributed by atoms with van der Waals surface area (Å²) < 4.78 is 0. The van der Waals surface area contributed by atoms with E-state index in [9.17, 15) is 4.79 Å². The van der Waals surface area contributed by atoms with Crippen LogP contribution in [-0.2, 0) is 0 Å². The van der Waals surface area contributed by atoms with E-state index in [0.717, 1.165) is 6.42 Å². The quantitative estimate of drug-likeness (QED) is 0.599. The highest BCUT2D eigenvalue weighted by molar-refractivity contribution is 5.74. The van der Waals surface area contributed by atoms with Crippen LogP contribution >= 0.6 is 0 Å². The van der Waals surface area contributed by atoms with E-state index >= 15 is 0 Å². The molecule has 2 amide bonds. The number of carbonyl (C=O) groups is 1. The second kappa shape index (κ2) is 5.80. The molecule has 0 fully saturated rings. The van der Waals surface area contributed by atoms with Crippen molar-refractivity contribution in [2.45, 2.75) is 39.2 Å². The van der Waals surface area contributed by atoms with Gasteiger partial charge in [0.05, 0.1) is 12.1 Å². The maximum atomic E-state index is 11.2. The number of carbonyl (C=O) groups excluding carboxylic acids is 1. The third-order valence-electron chi connectivity index (χ3n) is 2.08. The van der Waals surface area contributed by atoms with Gasteiger partial charge in [0.1, 0.15) is 0 Å². The van der Waals surface area contributed by atoms with Gasteiger partial charge in [0.25, 0.3) is 0 Å². The molecule has 78 valence electrons. The Morgan fingerprint density at radius 3 is 2.46 bits per heavy atom. The molecular weight excluding hydrogens is 168 g/mol. The molecule has 1 atom stereocenters. The minimum Gasteiger partial charge on any atom is -0.394 e. The third-order valence-corrected chi connectivity index (χ3v) is 2.08. The normalized spacial score (nSPS) is 14.8. The first kappa shape index (κ1) is 12.2. The average molecular weight is 188 g/mol. The van der Waals surface area contributed by atoms with Crippen molar-refractivity contribution >= 4 is 6.03 Å². The molecule has 0 bridgehead atoms. The molecule has 0 radical (unpaired) electrons. The Labute approximate surface area is 79.7 Å². The SMILES string of the molecule is CCCNC(=O)NC(C)(CC)CO. The van der Waals surface area contributed by atoms with Crippen LogP contribution in [0.25, 0.3) is 0 Å². The topological polar surface area (TPSA) is 61.4 Å². The molecular formula is C9H20N2O2. The molecule has 0 heterocycles. The van der Waals surface area contributed by atoms with Crippen molar-refractivity contribution in [3.63, 3.8) is 0 Å². The van der Waals surface area contributed by atoms with Crippen LogP contribution in [0.5, 0.6) is 0 Å². The molecule has 0 aliphatic rings. The fourth-order valence-corrected chi connectivity index (χ4v) is 0.797. The number of urea groups is 1. The highest BCUT2D eigenvalue weighted by atomic mass is 16.3. The van der Waals surface area contributed by atoms with E-state index in [-0.39, 0.29) is 12.6 Å². The highest BCUT2D eigenvalue weighted by Gasteiger charge is 2.22. The Bertz CT molecular complexity index is 156. The Morgan fingerprint density at radius 2 is 2.08 bits per heavy atom. The summed E-state index contributed by atoms with van der Waals surface area (Å²) in [6.07, 6.45) is 1.62. The van der Waals surface area contributed by atoms with E-state index in [0.29, 0.717) is 13.0 Å². The summed E-state index contributed by atoms with van der Waals surface area (Å²) in [4.78, 5) is 11.2. The lowest BCUT2D eigenvalue weighted by molar-refractivity contribution is 0.168. The van der Waals surface area contributed by atoms with Crippen molar-refractivity contribution < 1.29 is 9.90 Å². The van der Waals surface area contributed by atoms with Crippen LogP contribution in [0, 0.1) is 0 Å². The molecule has 3 N–H and O–H groups in total. The second-order valence-electron chi connectivity index (χ2n) is 3.45. The van der Waals surface area contributed by atoms with Crippen molar-refractivity contribution in [1.82, 2.24) is 10.6 Å². The van der Waals surface area contributed by atoms with Crippen molar-refractivity contribution in [3.05, 3.63) is 0 Å². The predicted molar refractivity (Wildman–Crippen MR) is 52.6 cm³/mol. The van der Waals surface area contributed by atoms with E-state index in [2.05, 4.69) is 10.6 Å². The van der Waals surface area contributed by atoms with Crippen molar-refractivity contribution in [2.75, 3.05) is 13.2 Å². The van der Waals surface area contributed by atoms with Crippen LogP contribution in [0.15, 0.2) is 0 Å². The summed E-state index contributed by atoms with van der Waals surface area (Å²) >= 11 is 0. The van der Waals surface area contributed by atoms with Crippen molar-refractivity contribution in [3.8, 4) is 0 Å². The van der Waals surface area contributed by atoms with Gasteiger partial charge in [-0.1, -0.05) is 13.8 Å². The number of aliphatic hydroxyl groups is 1. The van der Waals surface area contributed by atoms with Gasteiger partial charge in [0.2, 0.25) is 0 Å². The van der Waals surface area contributed by atoms with E-state index in [1.165, 1.54) is 0 Å². The van der Waals surface area contributed by atoms with Gasteiger partial charge in [0.15, 0.2) is 0 Å². The molecule has 0 rings (SSSR count). The summed E-state index contributed by atoms with van der Waals surface area (Å²) in [7, 11) is 0. The highest BCUT2D eigenvalue weighted by Crippen LogP contribution is 2.06. The van der Waals surface area contributed by atoms with Crippen LogP contribution in [0.2, 0.25) is 0 Å². The lowest BCUT2D eigenvalue weighted by atomic mass is 10.0. The zero-order valence-corrected chi connectivity index (χ0v) is 8.68. The largest absolute Gasteiger partial charge is 0.394 e. The number of rotatable bonds is 5. The molecule has 0 aliphatic heterocycles. The molecule has 0 saturated heterocycles. The summed E-state index contributed by atoms with van der Waals surface area (Å²) in [5, 5.41) is 14.4. The lowest BCUT2D eigenvalue weighted by Crippen LogP contribution is -2.52. The van der Waals surface area contributed by atoms with Crippen LogP contribution in [0.1, 0.15) is 33.6 Å². The van der Waals surface area contributed by atoms with Gasteiger partial charge in [0, 0.05) is 6.54 Å². The Balaban J connectivity index is 3.87. The van der Waals surface area contributed by atoms with E-state index < -0.39 is 5.54 Å². The molecule has 0 aromatic heterocycles. The molecule has 13 heavy (non-hydrogen) atoms. The number of hydrogen-bond acceptors (Lipinski definition) is 2. The fourth-order valence-electron chi connectivity index (χ4n) is 0.797. The molecule has 0 saturated carbocycles. The zero-order chi connectivity index (χ0) is 10.3. The first-order valence-electron chi connectivity index (χ1n) is 4.75. The predicted octanol–water partition coefficient (Wildman–Crippen LogP) is 0.857. The summed E-state index contributed by atoms with van der Waals surface area (Å²) in [5.74, 6) is 0. The van der Waals surface area contributed by atoms with Gasteiger partial charge in [-0.3, -0.25) is 0 Å². The number of aliphatic hydroxyl groups excluding tert-OH is 1. The fraction of sp³-hybridized carbons (Fsp3) is 0.889. The zero-order valence-electron chi connectivity index (χ0n) is 8.68. The third kappa shape index (κ3) is 4.72. The molecule has 0 aromatic carbocycles. The Morgan fingerprint density at radius 1 is 1.46 bits per heavy atom. The average Bonchev–Trinajstić information content (AvgIpc) is 2.14. The van der Waals surface area contributed by atoms with Crippen LogP contribution < -0.4 is 10.6 Å². The minimum absolute atomic E-state index is 0.0386. The monoisotopic (exact) mass is 188 g/mol. The summed E-state index contributed by atoms with van der Waals surface area (Å²) in [6.45, 7) is 6.36. The van der Waals surface area contributed by atoms with E-state index in [4.69, 9.17) is 5.11 Å². The van der Waals surface area contributed by atoms with Crippen LogP contribution in [0.3, 0.4) is 0 Å². The van der Waals surface area contributed by atoms with Gasteiger partial charge in [-0.2, -0.15) is 0 Å². The Hall–Kier alpha value is -0.770. The summed E-state index contributed by atoms with van der Waals surface area (Å²) in [6, 6.07) is -0.208. The standard InChI is InChI=1S/C9H20N2O2/c1-4-6-10-8(13)11-9(3,5-2)7-12/h12H,4-7H2,1-3H3,(H2,10,11,13).